The molecule has 6 heteroatoms. The van der Waals surface area contributed by atoms with E-state index >= 15 is 0 Å². The number of aromatic nitrogens is 1. The average molecular weight is 354 g/mol. The van der Waals surface area contributed by atoms with Gasteiger partial charge in [-0.2, -0.15) is 4.99 Å². The fraction of sp³-hybridized carbons (Fsp3) is 0.211. The van der Waals surface area contributed by atoms with Crippen LogP contribution in [0.4, 0.5) is 0 Å². The molecule has 0 spiro atoms. The van der Waals surface area contributed by atoms with Gasteiger partial charge in [-0.25, -0.2) is 0 Å². The van der Waals surface area contributed by atoms with Crippen molar-refractivity contribution in [1.82, 2.24) is 4.57 Å². The van der Waals surface area contributed by atoms with Crippen molar-refractivity contribution in [3.05, 3.63) is 63.5 Å². The maximum Gasteiger partial charge on any atom is 0.323 e. The van der Waals surface area contributed by atoms with Crippen molar-refractivity contribution in [2.45, 2.75) is 27.3 Å². The van der Waals surface area contributed by atoms with Crippen LogP contribution in [0, 0.1) is 20.8 Å². The zero-order chi connectivity index (χ0) is 18.1. The quantitative estimate of drug-likeness (QED) is 0.783. The first-order chi connectivity index (χ1) is 11.8. The highest BCUT2D eigenvalue weighted by molar-refractivity contribution is 7.16. The molecule has 0 bridgehead atoms. The van der Waals surface area contributed by atoms with E-state index in [4.69, 9.17) is 0 Å². The molecule has 0 unspecified atom stereocenters. The Morgan fingerprint density at radius 1 is 1.08 bits per heavy atom. The minimum absolute atomic E-state index is 0.234. The number of amides is 1. The first kappa shape index (κ1) is 17.1. The molecule has 1 aromatic heterocycles. The maximum absolute atomic E-state index is 12.5. The number of thiazole rings is 1. The van der Waals surface area contributed by atoms with Gasteiger partial charge < -0.3 is 9.67 Å². The third-order valence-corrected chi connectivity index (χ3v) is 5.13. The SMILES string of the molecule is Cc1ccc(C(=O)N=c2sc3cc(C)c(C)cc3n2CC(=O)O)cc1. The molecular weight excluding hydrogens is 336 g/mol. The van der Waals surface area contributed by atoms with Crippen molar-refractivity contribution in [2.75, 3.05) is 0 Å². The van der Waals surface area contributed by atoms with E-state index in [1.165, 1.54) is 11.3 Å². The highest BCUT2D eigenvalue weighted by Gasteiger charge is 2.12. The largest absolute Gasteiger partial charge is 0.480 e. The smallest absolute Gasteiger partial charge is 0.323 e. The third-order valence-electron chi connectivity index (χ3n) is 4.09. The topological polar surface area (TPSA) is 71.7 Å². The lowest BCUT2D eigenvalue weighted by Gasteiger charge is -2.04. The van der Waals surface area contributed by atoms with Gasteiger partial charge in [0.15, 0.2) is 4.80 Å². The van der Waals surface area contributed by atoms with E-state index in [0.29, 0.717) is 10.4 Å². The second-order valence-corrected chi connectivity index (χ2v) is 7.06. The van der Waals surface area contributed by atoms with Gasteiger partial charge in [0, 0.05) is 5.56 Å². The number of hydrogen-bond acceptors (Lipinski definition) is 3. The molecule has 0 aliphatic rings. The molecule has 128 valence electrons. The summed E-state index contributed by atoms with van der Waals surface area (Å²) in [4.78, 5) is 28.3. The summed E-state index contributed by atoms with van der Waals surface area (Å²) >= 11 is 1.33. The van der Waals surface area contributed by atoms with Gasteiger partial charge in [-0.1, -0.05) is 29.0 Å². The summed E-state index contributed by atoms with van der Waals surface area (Å²) in [7, 11) is 0. The van der Waals surface area contributed by atoms with Crippen LogP contribution >= 0.6 is 11.3 Å². The van der Waals surface area contributed by atoms with Crippen LogP contribution in [0.15, 0.2) is 41.4 Å². The lowest BCUT2D eigenvalue weighted by Crippen LogP contribution is -2.21. The number of fused-ring (bicyclic) bond motifs is 1. The Morgan fingerprint density at radius 2 is 1.72 bits per heavy atom. The zero-order valence-corrected chi connectivity index (χ0v) is 15.1. The van der Waals surface area contributed by atoms with Crippen molar-refractivity contribution in [1.29, 1.82) is 0 Å². The molecule has 25 heavy (non-hydrogen) atoms. The highest BCUT2D eigenvalue weighted by atomic mass is 32.1. The number of hydrogen-bond donors (Lipinski definition) is 1. The van der Waals surface area contributed by atoms with Crippen LogP contribution in [0.3, 0.4) is 0 Å². The number of nitrogens with zero attached hydrogens (tertiary/aromatic N) is 2. The van der Waals surface area contributed by atoms with Crippen molar-refractivity contribution in [3.8, 4) is 0 Å². The molecule has 1 amide bonds. The number of rotatable bonds is 3. The summed E-state index contributed by atoms with van der Waals surface area (Å²) in [6.07, 6.45) is 0. The number of benzene rings is 2. The Balaban J connectivity index is 2.18. The summed E-state index contributed by atoms with van der Waals surface area (Å²) in [6, 6.07) is 11.1. The van der Waals surface area contributed by atoms with E-state index < -0.39 is 5.97 Å². The molecule has 1 N–H and O–H groups in total. The Morgan fingerprint density at radius 3 is 2.36 bits per heavy atom. The monoisotopic (exact) mass is 354 g/mol. The van der Waals surface area contributed by atoms with E-state index in [1.54, 1.807) is 16.7 Å². The lowest BCUT2D eigenvalue weighted by molar-refractivity contribution is -0.137. The second-order valence-electron chi connectivity index (χ2n) is 6.05. The molecule has 3 aromatic rings. The van der Waals surface area contributed by atoms with Crippen molar-refractivity contribution in [2.24, 2.45) is 4.99 Å². The van der Waals surface area contributed by atoms with Crippen LogP contribution in [0.2, 0.25) is 0 Å². The molecule has 5 nitrogen and oxygen atoms in total. The minimum Gasteiger partial charge on any atom is -0.480 e. The molecule has 0 radical (unpaired) electrons. The van der Waals surface area contributed by atoms with Crippen LogP contribution in [0.5, 0.6) is 0 Å². The van der Waals surface area contributed by atoms with Gasteiger partial charge in [0.2, 0.25) is 0 Å². The Bertz CT molecular complexity index is 1040. The number of carboxylic acids is 1. The molecular formula is C19H18N2O3S. The molecule has 0 aliphatic carbocycles. The fourth-order valence-corrected chi connectivity index (χ4v) is 3.65. The predicted molar refractivity (Wildman–Crippen MR) is 98.0 cm³/mol. The van der Waals surface area contributed by atoms with E-state index in [0.717, 1.165) is 26.9 Å². The van der Waals surface area contributed by atoms with E-state index in [2.05, 4.69) is 4.99 Å². The van der Waals surface area contributed by atoms with Gasteiger partial charge in [-0.05, 0) is 56.2 Å². The van der Waals surface area contributed by atoms with Crippen molar-refractivity contribution < 1.29 is 14.7 Å². The molecule has 0 saturated carbocycles. The standard InChI is InChI=1S/C19H18N2O3S/c1-11-4-6-14(7-5-11)18(24)20-19-21(10-17(22)23)15-8-12(2)13(3)9-16(15)25-19/h4-9H,10H2,1-3H3,(H,22,23). The van der Waals surface area contributed by atoms with Gasteiger partial charge in [0.25, 0.3) is 5.91 Å². The van der Waals surface area contributed by atoms with Gasteiger partial charge in [-0.15, -0.1) is 0 Å². The molecule has 1 heterocycles. The van der Waals surface area contributed by atoms with E-state index in [1.807, 2.05) is 45.0 Å². The maximum atomic E-state index is 12.5. The Hall–Kier alpha value is -2.73. The Labute approximate surface area is 148 Å². The number of carboxylic acid groups (broad SMARTS) is 1. The van der Waals surface area contributed by atoms with Gasteiger partial charge in [0.05, 0.1) is 10.2 Å². The third kappa shape index (κ3) is 3.53. The zero-order valence-electron chi connectivity index (χ0n) is 14.2. The summed E-state index contributed by atoms with van der Waals surface area (Å²) in [5.74, 6) is -1.35. The number of carbonyl (C=O) groups excluding carboxylic acids is 1. The highest BCUT2D eigenvalue weighted by Crippen LogP contribution is 2.22. The first-order valence-corrected chi connectivity index (χ1v) is 8.65. The number of carbonyl (C=O) groups is 2. The van der Waals surface area contributed by atoms with Crippen molar-refractivity contribution >= 4 is 33.4 Å². The van der Waals surface area contributed by atoms with Gasteiger partial charge >= 0.3 is 5.97 Å². The minimum atomic E-state index is -0.970. The number of aliphatic carboxylic acids is 1. The molecule has 0 saturated heterocycles. The molecule has 2 aromatic carbocycles. The summed E-state index contributed by atoms with van der Waals surface area (Å²) in [6.45, 7) is 5.70. The predicted octanol–water partition coefficient (Wildman–Crippen LogP) is 3.45. The van der Waals surface area contributed by atoms with Crippen LogP contribution < -0.4 is 4.80 Å². The summed E-state index contributed by atoms with van der Waals surface area (Å²) in [5.41, 5.74) is 4.52. The first-order valence-electron chi connectivity index (χ1n) is 7.83. The van der Waals surface area contributed by atoms with Crippen LogP contribution in [-0.4, -0.2) is 21.6 Å². The Kier molecular flexibility index (Phi) is 4.55. The second kappa shape index (κ2) is 6.64. The van der Waals surface area contributed by atoms with Gasteiger partial charge in [0.1, 0.15) is 6.54 Å². The van der Waals surface area contributed by atoms with Gasteiger partial charge in [-0.3, -0.25) is 9.59 Å². The summed E-state index contributed by atoms with van der Waals surface area (Å²) in [5, 5.41) is 9.23. The van der Waals surface area contributed by atoms with E-state index in [-0.39, 0.29) is 12.5 Å². The molecule has 3 rings (SSSR count). The van der Waals surface area contributed by atoms with Crippen molar-refractivity contribution in [3.63, 3.8) is 0 Å². The normalized spacial score (nSPS) is 11.9. The van der Waals surface area contributed by atoms with Crippen LogP contribution in [0.25, 0.3) is 10.2 Å². The fourth-order valence-electron chi connectivity index (χ4n) is 2.54. The molecule has 0 aliphatic heterocycles. The average Bonchev–Trinajstić information content (AvgIpc) is 2.85. The molecule has 0 atom stereocenters. The summed E-state index contributed by atoms with van der Waals surface area (Å²) < 4.78 is 2.50. The van der Waals surface area contributed by atoms with Crippen LogP contribution in [-0.2, 0) is 11.3 Å². The van der Waals surface area contributed by atoms with E-state index in [9.17, 15) is 14.7 Å². The number of aryl methyl sites for hydroxylation is 3. The molecule has 0 fully saturated rings. The van der Waals surface area contributed by atoms with Crippen LogP contribution in [0.1, 0.15) is 27.0 Å². The lowest BCUT2D eigenvalue weighted by atomic mass is 10.1.